The molecule has 0 spiro atoms. The normalized spacial score (nSPS) is 18.9. The number of likely N-dealkylation sites (tertiary alicyclic amines) is 1. The molecule has 7 heteroatoms. The van der Waals surface area contributed by atoms with Gasteiger partial charge in [0.2, 0.25) is 0 Å². The zero-order valence-electron chi connectivity index (χ0n) is 15.5. The molecule has 146 valence electrons. The Balaban J connectivity index is 2.13. The smallest absolute Gasteiger partial charge is 0.295 e. The molecular formula is C21H20F2N2O3. The van der Waals surface area contributed by atoms with Crippen molar-refractivity contribution in [1.29, 1.82) is 0 Å². The Labute approximate surface area is 161 Å². The van der Waals surface area contributed by atoms with Crippen LogP contribution in [0.25, 0.3) is 5.76 Å². The Morgan fingerprint density at radius 1 is 1.00 bits per heavy atom. The maximum absolute atomic E-state index is 13.4. The number of ketones is 1. The van der Waals surface area contributed by atoms with Gasteiger partial charge in [0, 0.05) is 18.7 Å². The van der Waals surface area contributed by atoms with Crippen molar-refractivity contribution in [3.8, 4) is 0 Å². The second kappa shape index (κ2) is 7.90. The molecule has 0 radical (unpaired) electrons. The number of hydrogen-bond donors (Lipinski definition) is 1. The van der Waals surface area contributed by atoms with E-state index in [9.17, 15) is 23.5 Å². The van der Waals surface area contributed by atoms with Gasteiger partial charge in [-0.15, -0.1) is 0 Å². The summed E-state index contributed by atoms with van der Waals surface area (Å²) in [5.74, 6) is -2.89. The predicted octanol–water partition coefficient (Wildman–Crippen LogP) is 2.95. The van der Waals surface area contributed by atoms with Gasteiger partial charge in [0.25, 0.3) is 11.7 Å². The summed E-state index contributed by atoms with van der Waals surface area (Å²) in [7, 11) is 3.67. The maximum atomic E-state index is 13.4. The summed E-state index contributed by atoms with van der Waals surface area (Å²) < 4.78 is 26.6. The number of Topliss-reactive ketones (excluding diaryl/α,β-unsaturated/α-hetero) is 1. The van der Waals surface area contributed by atoms with Gasteiger partial charge in [-0.05, 0) is 56.1 Å². The number of rotatable bonds is 5. The molecule has 1 aliphatic heterocycles. The monoisotopic (exact) mass is 386 g/mol. The van der Waals surface area contributed by atoms with Crippen LogP contribution < -0.4 is 0 Å². The largest absolute Gasteiger partial charge is 0.507 e. The second-order valence-corrected chi connectivity index (χ2v) is 6.85. The van der Waals surface area contributed by atoms with Gasteiger partial charge in [0.05, 0.1) is 11.6 Å². The molecule has 1 heterocycles. The van der Waals surface area contributed by atoms with Crippen molar-refractivity contribution >= 4 is 17.4 Å². The summed E-state index contributed by atoms with van der Waals surface area (Å²) in [4.78, 5) is 28.6. The lowest BCUT2D eigenvalue weighted by Crippen LogP contribution is -2.35. The molecular weight excluding hydrogens is 366 g/mol. The molecule has 0 saturated carbocycles. The highest BCUT2D eigenvalue weighted by atomic mass is 19.1. The first kappa shape index (κ1) is 19.7. The maximum Gasteiger partial charge on any atom is 0.295 e. The fraction of sp³-hybridized carbons (Fsp3) is 0.238. The fourth-order valence-electron chi connectivity index (χ4n) is 3.17. The molecule has 1 aliphatic rings. The van der Waals surface area contributed by atoms with Crippen LogP contribution in [0.2, 0.25) is 0 Å². The van der Waals surface area contributed by atoms with Gasteiger partial charge in [0.15, 0.2) is 0 Å². The fourth-order valence-corrected chi connectivity index (χ4v) is 3.17. The Morgan fingerprint density at radius 2 is 1.54 bits per heavy atom. The number of benzene rings is 2. The molecule has 2 aromatic rings. The van der Waals surface area contributed by atoms with E-state index in [1.54, 1.807) is 0 Å². The van der Waals surface area contributed by atoms with Gasteiger partial charge < -0.3 is 14.9 Å². The van der Waals surface area contributed by atoms with Crippen molar-refractivity contribution < 1.29 is 23.5 Å². The van der Waals surface area contributed by atoms with Gasteiger partial charge in [-0.25, -0.2) is 8.78 Å². The molecule has 5 nitrogen and oxygen atoms in total. The van der Waals surface area contributed by atoms with Crippen LogP contribution in [-0.4, -0.2) is 53.8 Å². The molecule has 3 rings (SSSR count). The third-order valence-corrected chi connectivity index (χ3v) is 4.63. The molecule has 0 bridgehead atoms. The van der Waals surface area contributed by atoms with Gasteiger partial charge in [-0.3, -0.25) is 9.59 Å². The van der Waals surface area contributed by atoms with Crippen LogP contribution in [0.4, 0.5) is 8.78 Å². The number of aliphatic hydroxyl groups is 1. The average Bonchev–Trinajstić information content (AvgIpc) is 2.91. The first-order valence-corrected chi connectivity index (χ1v) is 8.74. The summed E-state index contributed by atoms with van der Waals surface area (Å²) in [6.07, 6.45) is 0. The lowest BCUT2D eigenvalue weighted by molar-refractivity contribution is -0.140. The molecule has 1 fully saturated rings. The number of halogens is 2. The van der Waals surface area contributed by atoms with E-state index in [4.69, 9.17) is 0 Å². The number of likely N-dealkylation sites (N-methyl/N-ethyl adjacent to an activating group) is 1. The average molecular weight is 386 g/mol. The summed E-state index contributed by atoms with van der Waals surface area (Å²) in [5.41, 5.74) is 0.629. The standard InChI is InChI=1S/C21H20F2N2O3/c1-24(2)11-12-25-18(13-3-7-15(22)8-4-13)17(20(27)21(25)28)19(26)14-5-9-16(23)10-6-14/h3-10,18,26H,11-12H2,1-2H3/b19-17-. The van der Waals surface area contributed by atoms with Crippen molar-refractivity contribution in [3.05, 3.63) is 76.9 Å². The van der Waals surface area contributed by atoms with Gasteiger partial charge in [0.1, 0.15) is 17.4 Å². The van der Waals surface area contributed by atoms with E-state index in [1.807, 2.05) is 19.0 Å². The molecule has 1 amide bonds. The number of aliphatic hydroxyl groups excluding tert-OH is 1. The third-order valence-electron chi connectivity index (χ3n) is 4.63. The lowest BCUT2D eigenvalue weighted by atomic mass is 9.95. The van der Waals surface area contributed by atoms with E-state index in [1.165, 1.54) is 41.3 Å². The zero-order chi connectivity index (χ0) is 20.4. The highest BCUT2D eigenvalue weighted by Gasteiger charge is 2.45. The summed E-state index contributed by atoms with van der Waals surface area (Å²) in [6.45, 7) is 0.751. The predicted molar refractivity (Wildman–Crippen MR) is 100 cm³/mol. The summed E-state index contributed by atoms with van der Waals surface area (Å²) >= 11 is 0. The minimum Gasteiger partial charge on any atom is -0.507 e. The molecule has 1 unspecified atom stereocenters. The molecule has 1 N–H and O–H groups in total. The summed E-state index contributed by atoms with van der Waals surface area (Å²) in [5, 5.41) is 10.8. The van der Waals surface area contributed by atoms with Crippen LogP contribution in [0.5, 0.6) is 0 Å². The number of carbonyl (C=O) groups is 2. The highest BCUT2D eigenvalue weighted by Crippen LogP contribution is 2.39. The topological polar surface area (TPSA) is 60.9 Å². The Kier molecular flexibility index (Phi) is 5.56. The number of hydrogen-bond acceptors (Lipinski definition) is 4. The molecule has 2 aromatic carbocycles. The second-order valence-electron chi connectivity index (χ2n) is 6.85. The SMILES string of the molecule is CN(C)CCN1C(=O)C(=O)/C(=C(\O)c2ccc(F)cc2)C1c1ccc(F)cc1. The van der Waals surface area contributed by atoms with Gasteiger partial charge in [-0.2, -0.15) is 0 Å². The van der Waals surface area contributed by atoms with Crippen LogP contribution in [-0.2, 0) is 9.59 Å². The number of nitrogens with zero attached hydrogens (tertiary/aromatic N) is 2. The van der Waals surface area contributed by atoms with Crippen LogP contribution in [0, 0.1) is 11.6 Å². The molecule has 1 saturated heterocycles. The molecule has 1 atom stereocenters. The van der Waals surface area contributed by atoms with E-state index in [0.29, 0.717) is 12.1 Å². The number of carbonyl (C=O) groups excluding carboxylic acids is 2. The van der Waals surface area contributed by atoms with Crippen LogP contribution >= 0.6 is 0 Å². The third kappa shape index (κ3) is 3.80. The van der Waals surface area contributed by atoms with E-state index in [-0.39, 0.29) is 23.4 Å². The Morgan fingerprint density at radius 3 is 2.07 bits per heavy atom. The van der Waals surface area contributed by atoms with Crippen LogP contribution in [0.3, 0.4) is 0 Å². The van der Waals surface area contributed by atoms with Gasteiger partial charge >= 0.3 is 0 Å². The minimum atomic E-state index is -0.856. The molecule has 0 aromatic heterocycles. The minimum absolute atomic E-state index is 0.0954. The van der Waals surface area contributed by atoms with Crippen molar-refractivity contribution in [2.75, 3.05) is 27.2 Å². The quantitative estimate of drug-likeness (QED) is 0.488. The highest BCUT2D eigenvalue weighted by molar-refractivity contribution is 6.46. The Bertz CT molecular complexity index is 922. The first-order chi connectivity index (χ1) is 13.3. The van der Waals surface area contributed by atoms with Crippen LogP contribution in [0.1, 0.15) is 17.2 Å². The molecule has 0 aliphatic carbocycles. The van der Waals surface area contributed by atoms with Crippen molar-refractivity contribution in [2.24, 2.45) is 0 Å². The first-order valence-electron chi connectivity index (χ1n) is 8.74. The van der Waals surface area contributed by atoms with Crippen molar-refractivity contribution in [1.82, 2.24) is 9.80 Å². The van der Waals surface area contributed by atoms with Crippen molar-refractivity contribution in [2.45, 2.75) is 6.04 Å². The Hall–Kier alpha value is -3.06. The van der Waals surface area contributed by atoms with E-state index < -0.39 is 29.4 Å². The van der Waals surface area contributed by atoms with Crippen molar-refractivity contribution in [3.63, 3.8) is 0 Å². The zero-order valence-corrected chi connectivity index (χ0v) is 15.5. The summed E-state index contributed by atoms with van der Waals surface area (Å²) in [6, 6.07) is 9.55. The van der Waals surface area contributed by atoms with E-state index in [2.05, 4.69) is 0 Å². The van der Waals surface area contributed by atoms with Gasteiger partial charge in [-0.1, -0.05) is 12.1 Å². The lowest BCUT2D eigenvalue weighted by Gasteiger charge is -2.26. The molecule has 28 heavy (non-hydrogen) atoms. The number of amides is 1. The van der Waals surface area contributed by atoms with E-state index >= 15 is 0 Å². The van der Waals surface area contributed by atoms with Crippen LogP contribution in [0.15, 0.2) is 54.1 Å². The van der Waals surface area contributed by atoms with E-state index in [0.717, 1.165) is 12.1 Å².